The molecule has 0 radical (unpaired) electrons. The maximum absolute atomic E-state index is 12.2. The fourth-order valence-electron chi connectivity index (χ4n) is 2.12. The number of nitrogens with zero attached hydrogens (tertiary/aromatic N) is 4. The highest BCUT2D eigenvalue weighted by atomic mass is 32.1. The van der Waals surface area contributed by atoms with E-state index in [0.717, 1.165) is 0 Å². The molecule has 0 aromatic carbocycles. The summed E-state index contributed by atoms with van der Waals surface area (Å²) in [7, 11) is 1.65. The SMILES string of the molecule is Cn1c(-c2ccccn2)nn(CCNC(=O)c2ccsc2)c1=O. The first-order valence-corrected chi connectivity index (χ1v) is 7.97. The third-order valence-electron chi connectivity index (χ3n) is 3.33. The van der Waals surface area contributed by atoms with Crippen LogP contribution in [0.2, 0.25) is 0 Å². The molecule has 7 nitrogen and oxygen atoms in total. The van der Waals surface area contributed by atoms with Gasteiger partial charge < -0.3 is 5.32 Å². The van der Waals surface area contributed by atoms with Crippen LogP contribution in [0.3, 0.4) is 0 Å². The predicted molar refractivity (Wildman–Crippen MR) is 87.4 cm³/mol. The number of carbonyl (C=O) groups excluding carboxylic acids is 1. The van der Waals surface area contributed by atoms with Crippen LogP contribution in [0.15, 0.2) is 46.0 Å². The Morgan fingerprint density at radius 1 is 1.35 bits per heavy atom. The van der Waals surface area contributed by atoms with E-state index >= 15 is 0 Å². The largest absolute Gasteiger partial charge is 0.350 e. The van der Waals surface area contributed by atoms with Crippen LogP contribution in [0.1, 0.15) is 10.4 Å². The normalized spacial score (nSPS) is 10.7. The molecular formula is C15H15N5O2S. The van der Waals surface area contributed by atoms with Crippen molar-refractivity contribution in [3.63, 3.8) is 0 Å². The standard InChI is InChI=1S/C15H15N5O2S/c1-19-13(12-4-2-3-6-16-12)18-20(15(19)22)8-7-17-14(21)11-5-9-23-10-11/h2-6,9-10H,7-8H2,1H3,(H,17,21). The molecule has 0 saturated carbocycles. The number of hydrogen-bond acceptors (Lipinski definition) is 5. The van der Waals surface area contributed by atoms with Gasteiger partial charge in [-0.2, -0.15) is 11.3 Å². The minimum Gasteiger partial charge on any atom is -0.350 e. The molecule has 0 saturated heterocycles. The molecule has 0 bridgehead atoms. The molecule has 118 valence electrons. The lowest BCUT2D eigenvalue weighted by atomic mass is 10.3. The summed E-state index contributed by atoms with van der Waals surface area (Å²) in [5.74, 6) is 0.347. The molecule has 0 aliphatic heterocycles. The van der Waals surface area contributed by atoms with E-state index in [4.69, 9.17) is 0 Å². The Hall–Kier alpha value is -2.74. The summed E-state index contributed by atoms with van der Waals surface area (Å²) >= 11 is 1.46. The van der Waals surface area contributed by atoms with Gasteiger partial charge in [-0.05, 0) is 23.6 Å². The van der Waals surface area contributed by atoms with Gasteiger partial charge in [-0.25, -0.2) is 9.48 Å². The summed E-state index contributed by atoms with van der Waals surface area (Å²) < 4.78 is 2.78. The van der Waals surface area contributed by atoms with E-state index in [1.807, 2.05) is 11.4 Å². The second-order valence-corrected chi connectivity index (χ2v) is 5.65. The number of nitrogens with one attached hydrogen (secondary N) is 1. The Morgan fingerprint density at radius 3 is 2.91 bits per heavy atom. The smallest absolute Gasteiger partial charge is 0.346 e. The molecule has 1 amide bonds. The molecule has 1 N–H and O–H groups in total. The van der Waals surface area contributed by atoms with Crippen molar-refractivity contribution in [1.29, 1.82) is 0 Å². The van der Waals surface area contributed by atoms with E-state index in [9.17, 15) is 9.59 Å². The lowest BCUT2D eigenvalue weighted by Gasteiger charge is -2.02. The molecule has 0 unspecified atom stereocenters. The Kier molecular flexibility index (Phi) is 4.33. The molecule has 0 aliphatic rings. The summed E-state index contributed by atoms with van der Waals surface area (Å²) in [5.41, 5.74) is 1.01. The quantitative estimate of drug-likeness (QED) is 0.761. The van der Waals surface area contributed by atoms with Crippen molar-refractivity contribution in [2.24, 2.45) is 7.05 Å². The highest BCUT2D eigenvalue weighted by Gasteiger charge is 2.13. The van der Waals surface area contributed by atoms with Gasteiger partial charge in [0.25, 0.3) is 5.91 Å². The molecule has 3 heterocycles. The fraction of sp³-hybridized carbons (Fsp3) is 0.200. The van der Waals surface area contributed by atoms with Crippen molar-refractivity contribution < 1.29 is 4.79 Å². The molecule has 0 aliphatic carbocycles. The predicted octanol–water partition coefficient (Wildman–Crippen LogP) is 1.14. The number of carbonyl (C=O) groups is 1. The zero-order chi connectivity index (χ0) is 16.2. The second kappa shape index (κ2) is 6.57. The van der Waals surface area contributed by atoms with Gasteiger partial charge in [-0.3, -0.25) is 14.3 Å². The van der Waals surface area contributed by atoms with Crippen molar-refractivity contribution in [2.45, 2.75) is 6.54 Å². The molecule has 3 aromatic heterocycles. The van der Waals surface area contributed by atoms with Crippen LogP contribution >= 0.6 is 11.3 Å². The zero-order valence-corrected chi connectivity index (χ0v) is 13.3. The van der Waals surface area contributed by atoms with Crippen molar-refractivity contribution in [2.75, 3.05) is 6.54 Å². The van der Waals surface area contributed by atoms with Crippen molar-refractivity contribution >= 4 is 17.2 Å². The van der Waals surface area contributed by atoms with Crippen LogP contribution < -0.4 is 11.0 Å². The average molecular weight is 329 g/mol. The Labute approximate surface area is 136 Å². The van der Waals surface area contributed by atoms with Crippen LogP contribution in [0.5, 0.6) is 0 Å². The third kappa shape index (κ3) is 3.21. The number of rotatable bonds is 5. The van der Waals surface area contributed by atoms with E-state index in [2.05, 4.69) is 15.4 Å². The number of amides is 1. The van der Waals surface area contributed by atoms with Gasteiger partial charge in [0.2, 0.25) is 0 Å². The molecular weight excluding hydrogens is 314 g/mol. The van der Waals surface area contributed by atoms with Crippen LogP contribution in [-0.4, -0.2) is 31.8 Å². The van der Waals surface area contributed by atoms with Crippen molar-refractivity contribution in [1.82, 2.24) is 24.6 Å². The third-order valence-corrected chi connectivity index (χ3v) is 4.01. The van der Waals surface area contributed by atoms with Crippen molar-refractivity contribution in [3.8, 4) is 11.5 Å². The first-order valence-electron chi connectivity index (χ1n) is 7.02. The minimum atomic E-state index is -0.240. The molecule has 0 fully saturated rings. The Morgan fingerprint density at radius 2 is 2.22 bits per heavy atom. The first kappa shape index (κ1) is 15.2. The maximum Gasteiger partial charge on any atom is 0.346 e. The van der Waals surface area contributed by atoms with E-state index in [0.29, 0.717) is 30.2 Å². The molecule has 3 aromatic rings. The summed E-state index contributed by atoms with van der Waals surface area (Å²) in [4.78, 5) is 28.2. The average Bonchev–Trinajstić information content (AvgIpc) is 3.20. The monoisotopic (exact) mass is 329 g/mol. The van der Waals surface area contributed by atoms with Crippen LogP contribution in [0.25, 0.3) is 11.5 Å². The number of hydrogen-bond donors (Lipinski definition) is 1. The molecule has 8 heteroatoms. The molecule has 3 rings (SSSR count). The van der Waals surface area contributed by atoms with Gasteiger partial charge in [0, 0.05) is 30.7 Å². The zero-order valence-electron chi connectivity index (χ0n) is 12.5. The lowest BCUT2D eigenvalue weighted by molar-refractivity contribution is 0.0952. The van der Waals surface area contributed by atoms with Crippen molar-refractivity contribution in [3.05, 3.63) is 57.3 Å². The van der Waals surface area contributed by atoms with E-state index in [1.165, 1.54) is 20.6 Å². The summed E-state index contributed by atoms with van der Waals surface area (Å²) in [6.45, 7) is 0.628. The Bertz CT molecular complexity index is 852. The van der Waals surface area contributed by atoms with Gasteiger partial charge in [-0.15, -0.1) is 5.10 Å². The van der Waals surface area contributed by atoms with Crippen LogP contribution in [0, 0.1) is 0 Å². The summed E-state index contributed by atoms with van der Waals surface area (Å²) in [5, 5.41) is 10.7. The van der Waals surface area contributed by atoms with E-state index < -0.39 is 0 Å². The molecule has 0 spiro atoms. The van der Waals surface area contributed by atoms with E-state index in [-0.39, 0.29) is 11.6 Å². The summed E-state index contributed by atoms with van der Waals surface area (Å²) in [6, 6.07) is 7.20. The highest BCUT2D eigenvalue weighted by molar-refractivity contribution is 7.08. The van der Waals surface area contributed by atoms with Crippen LogP contribution in [-0.2, 0) is 13.6 Å². The van der Waals surface area contributed by atoms with Gasteiger partial charge in [0.1, 0.15) is 5.69 Å². The molecule has 0 atom stereocenters. The Balaban J connectivity index is 1.69. The maximum atomic E-state index is 12.2. The first-order chi connectivity index (χ1) is 11.2. The lowest BCUT2D eigenvalue weighted by Crippen LogP contribution is -2.31. The van der Waals surface area contributed by atoms with Crippen LogP contribution in [0.4, 0.5) is 0 Å². The van der Waals surface area contributed by atoms with E-state index in [1.54, 1.807) is 36.8 Å². The topological polar surface area (TPSA) is 81.8 Å². The number of aromatic nitrogens is 4. The summed E-state index contributed by atoms with van der Waals surface area (Å²) in [6.07, 6.45) is 1.65. The number of pyridine rings is 1. The highest BCUT2D eigenvalue weighted by Crippen LogP contribution is 2.10. The van der Waals surface area contributed by atoms with Gasteiger partial charge in [-0.1, -0.05) is 6.07 Å². The second-order valence-electron chi connectivity index (χ2n) is 4.87. The number of thiophene rings is 1. The van der Waals surface area contributed by atoms with Gasteiger partial charge >= 0.3 is 5.69 Å². The molecule has 23 heavy (non-hydrogen) atoms. The van der Waals surface area contributed by atoms with Gasteiger partial charge in [0.05, 0.1) is 6.54 Å². The minimum absolute atomic E-state index is 0.153. The fourth-order valence-corrected chi connectivity index (χ4v) is 2.76. The van der Waals surface area contributed by atoms with Gasteiger partial charge in [0.15, 0.2) is 5.82 Å².